The second kappa shape index (κ2) is 13.3. The van der Waals surface area contributed by atoms with Crippen LogP contribution in [-0.4, -0.2) is 105 Å². The first-order valence-corrected chi connectivity index (χ1v) is 16.4. The lowest BCUT2D eigenvalue weighted by atomic mass is 9.65. The summed E-state index contributed by atoms with van der Waals surface area (Å²) in [6.45, 7) is 10.2. The van der Waals surface area contributed by atoms with Gasteiger partial charge in [0.05, 0.1) is 33.5 Å². The third-order valence-corrected chi connectivity index (χ3v) is 10.1. The lowest BCUT2D eigenvalue weighted by Crippen LogP contribution is -2.61. The van der Waals surface area contributed by atoms with Crippen LogP contribution in [0.15, 0.2) is 30.0 Å². The van der Waals surface area contributed by atoms with E-state index in [0.29, 0.717) is 49.8 Å². The molecule has 4 atom stereocenters. The molecule has 0 aromatic heterocycles. The molecule has 2 saturated heterocycles. The third-order valence-electron chi connectivity index (χ3n) is 10.1. The van der Waals surface area contributed by atoms with E-state index in [0.717, 1.165) is 18.4 Å². The molecule has 1 aromatic rings. The Balaban J connectivity index is 1.43. The molecule has 252 valence electrons. The molecule has 3 fully saturated rings. The van der Waals surface area contributed by atoms with Gasteiger partial charge in [0.2, 0.25) is 17.7 Å². The predicted octanol–water partition coefficient (Wildman–Crippen LogP) is 3.44. The molecule has 0 spiro atoms. The van der Waals surface area contributed by atoms with E-state index >= 15 is 0 Å². The highest BCUT2D eigenvalue weighted by Crippen LogP contribution is 2.52. The smallest absolute Gasteiger partial charge is 0.320 e. The molecule has 0 radical (unpaired) electrons. The largest absolute Gasteiger partial charge is 0.493 e. The first-order valence-electron chi connectivity index (χ1n) is 16.4. The van der Waals surface area contributed by atoms with Crippen molar-refractivity contribution in [3.8, 4) is 11.5 Å². The molecule has 11 heteroatoms. The van der Waals surface area contributed by atoms with E-state index < -0.39 is 23.4 Å². The van der Waals surface area contributed by atoms with E-state index in [9.17, 15) is 19.2 Å². The molecular weight excluding hydrogens is 590 g/mol. The number of likely N-dealkylation sites (tertiary alicyclic amines) is 1. The lowest BCUT2D eigenvalue weighted by molar-refractivity contribution is -0.180. The number of ether oxygens (including phenoxy) is 4. The molecular formula is C35H49N3O8. The van der Waals surface area contributed by atoms with Crippen LogP contribution in [-0.2, 0) is 35.1 Å². The number of benzene rings is 1. The summed E-state index contributed by atoms with van der Waals surface area (Å²) in [7, 11) is 4.51. The first kappa shape index (κ1) is 33.8. The standard InChI is InChI=1S/C35H49N3O8/c1-22-35(33(42)45-7)21-25(19-30(39)36-14-16-37(17-15-36)31(40)24-9-10-24)32(41)38(28(35)20-29(46-22)34(2,3)4)13-12-23-8-11-26(43-5)27(18-23)44-6/h8,11,18,20,22,24-25,29H,9-10,12-17,19,21H2,1-7H3/t22-,25+,29-,35+/m1/s1. The van der Waals surface area contributed by atoms with Crippen molar-refractivity contribution in [3.05, 3.63) is 35.5 Å². The summed E-state index contributed by atoms with van der Waals surface area (Å²) in [6.07, 6.45) is 3.41. The van der Waals surface area contributed by atoms with Gasteiger partial charge >= 0.3 is 5.97 Å². The van der Waals surface area contributed by atoms with Gasteiger partial charge in [-0.25, -0.2) is 0 Å². The number of hydrogen-bond donors (Lipinski definition) is 0. The highest BCUT2D eigenvalue weighted by atomic mass is 16.5. The normalized spacial score (nSPS) is 26.7. The first-order chi connectivity index (χ1) is 21.8. The summed E-state index contributed by atoms with van der Waals surface area (Å²) < 4.78 is 22.8. The molecule has 0 N–H and O–H groups in total. The minimum atomic E-state index is -1.26. The second-order valence-corrected chi connectivity index (χ2v) is 14.1. The number of hydrogen-bond acceptors (Lipinski definition) is 8. The van der Waals surface area contributed by atoms with Crippen molar-refractivity contribution in [2.75, 3.05) is 54.1 Å². The van der Waals surface area contributed by atoms with Gasteiger partial charge in [-0.3, -0.25) is 19.2 Å². The maximum Gasteiger partial charge on any atom is 0.320 e. The summed E-state index contributed by atoms with van der Waals surface area (Å²) in [5.41, 5.74) is -0.0433. The number of esters is 1. The number of amides is 3. The van der Waals surface area contributed by atoms with E-state index in [1.54, 1.807) is 24.0 Å². The summed E-state index contributed by atoms with van der Waals surface area (Å²) in [5.74, 6) is -0.0620. The van der Waals surface area contributed by atoms with Gasteiger partial charge in [0.25, 0.3) is 0 Å². The van der Waals surface area contributed by atoms with Crippen molar-refractivity contribution < 1.29 is 38.1 Å². The van der Waals surface area contributed by atoms with Crippen molar-refractivity contribution >= 4 is 23.7 Å². The highest BCUT2D eigenvalue weighted by Gasteiger charge is 2.60. The molecule has 3 aliphatic heterocycles. The number of nitrogens with zero attached hydrogens (tertiary/aromatic N) is 3. The molecule has 1 aromatic carbocycles. The molecule has 1 aliphatic carbocycles. The molecule has 5 rings (SSSR count). The third kappa shape index (κ3) is 6.48. The zero-order valence-electron chi connectivity index (χ0n) is 28.3. The Morgan fingerprint density at radius 2 is 1.63 bits per heavy atom. The van der Waals surface area contributed by atoms with Crippen LogP contribution >= 0.6 is 0 Å². The van der Waals surface area contributed by atoms with E-state index in [2.05, 4.69) is 20.8 Å². The lowest BCUT2D eigenvalue weighted by Gasteiger charge is -2.53. The fourth-order valence-corrected chi connectivity index (χ4v) is 7.05. The fourth-order valence-electron chi connectivity index (χ4n) is 7.05. The minimum Gasteiger partial charge on any atom is -0.493 e. The van der Waals surface area contributed by atoms with Crippen LogP contribution in [0.5, 0.6) is 11.5 Å². The quantitative estimate of drug-likeness (QED) is 0.378. The average molecular weight is 640 g/mol. The Labute approximate surface area is 272 Å². The Morgan fingerprint density at radius 3 is 2.22 bits per heavy atom. The monoisotopic (exact) mass is 639 g/mol. The molecule has 0 bridgehead atoms. The number of carbonyl (C=O) groups is 4. The topological polar surface area (TPSA) is 115 Å². The number of fused-ring (bicyclic) bond motifs is 1. The van der Waals surface area contributed by atoms with E-state index in [-0.39, 0.29) is 54.5 Å². The molecule has 0 unspecified atom stereocenters. The van der Waals surface area contributed by atoms with Crippen molar-refractivity contribution in [3.63, 3.8) is 0 Å². The van der Waals surface area contributed by atoms with Gasteiger partial charge in [0.1, 0.15) is 5.41 Å². The summed E-state index contributed by atoms with van der Waals surface area (Å²) in [6, 6.07) is 5.64. The van der Waals surface area contributed by atoms with Gasteiger partial charge in [-0.2, -0.15) is 0 Å². The highest BCUT2D eigenvalue weighted by molar-refractivity contribution is 5.93. The zero-order valence-corrected chi connectivity index (χ0v) is 28.3. The van der Waals surface area contributed by atoms with Gasteiger partial charge in [-0.1, -0.05) is 26.8 Å². The average Bonchev–Trinajstić information content (AvgIpc) is 3.89. The Hall–Kier alpha value is -3.60. The van der Waals surface area contributed by atoms with Gasteiger partial charge < -0.3 is 33.6 Å². The van der Waals surface area contributed by atoms with Crippen LogP contribution in [0.1, 0.15) is 58.9 Å². The van der Waals surface area contributed by atoms with Crippen LogP contribution in [0.4, 0.5) is 0 Å². The zero-order chi connectivity index (χ0) is 33.4. The van der Waals surface area contributed by atoms with Gasteiger partial charge in [0, 0.05) is 56.7 Å². The molecule has 3 heterocycles. The van der Waals surface area contributed by atoms with Gasteiger partial charge in [0.15, 0.2) is 11.5 Å². The van der Waals surface area contributed by atoms with Gasteiger partial charge in [-0.05, 0) is 61.8 Å². The van der Waals surface area contributed by atoms with Crippen molar-refractivity contribution in [1.29, 1.82) is 0 Å². The maximum atomic E-state index is 14.4. The van der Waals surface area contributed by atoms with E-state index in [1.165, 1.54) is 7.11 Å². The number of rotatable bonds is 9. The molecule has 11 nitrogen and oxygen atoms in total. The van der Waals surface area contributed by atoms with Crippen LogP contribution < -0.4 is 9.47 Å². The number of carbonyl (C=O) groups excluding carboxylic acids is 4. The SMILES string of the molecule is COC(=O)[C@]12C[C@H](CC(=O)N3CCN(C(=O)C4CC4)CC3)C(=O)N(CCc3ccc(OC)c(OC)c3)C1=C[C@H](C(C)(C)C)O[C@@H]2C. The minimum absolute atomic E-state index is 0.0380. The molecule has 4 aliphatic rings. The summed E-state index contributed by atoms with van der Waals surface area (Å²) in [4.78, 5) is 59.7. The summed E-state index contributed by atoms with van der Waals surface area (Å²) >= 11 is 0. The fraction of sp³-hybridized carbons (Fsp3) is 0.657. The maximum absolute atomic E-state index is 14.4. The second-order valence-electron chi connectivity index (χ2n) is 14.1. The van der Waals surface area contributed by atoms with Crippen molar-refractivity contribution in [2.45, 2.75) is 72.0 Å². The van der Waals surface area contributed by atoms with Crippen LogP contribution in [0.2, 0.25) is 0 Å². The summed E-state index contributed by atoms with van der Waals surface area (Å²) in [5, 5.41) is 0. The van der Waals surface area contributed by atoms with Crippen LogP contribution in [0, 0.1) is 22.7 Å². The Kier molecular flexibility index (Phi) is 9.73. The van der Waals surface area contributed by atoms with Crippen LogP contribution in [0.25, 0.3) is 0 Å². The van der Waals surface area contributed by atoms with Crippen molar-refractivity contribution in [2.24, 2.45) is 22.7 Å². The number of piperazine rings is 1. The molecule has 1 saturated carbocycles. The van der Waals surface area contributed by atoms with Crippen LogP contribution in [0.3, 0.4) is 0 Å². The van der Waals surface area contributed by atoms with E-state index in [1.807, 2.05) is 36.1 Å². The Bertz CT molecular complexity index is 1370. The van der Waals surface area contributed by atoms with Crippen molar-refractivity contribution in [1.82, 2.24) is 14.7 Å². The van der Waals surface area contributed by atoms with E-state index in [4.69, 9.17) is 18.9 Å². The molecule has 46 heavy (non-hydrogen) atoms. The molecule has 3 amide bonds. The van der Waals surface area contributed by atoms with Gasteiger partial charge in [-0.15, -0.1) is 0 Å². The Morgan fingerprint density at radius 1 is 0.978 bits per heavy atom. The number of piperidine rings is 1. The number of methoxy groups -OCH3 is 3. The predicted molar refractivity (Wildman–Crippen MR) is 170 cm³/mol.